The molecule has 0 heterocycles. The third kappa shape index (κ3) is 3.80. The fourth-order valence-corrected chi connectivity index (χ4v) is 3.17. The van der Waals surface area contributed by atoms with Crippen LogP contribution in [0.3, 0.4) is 0 Å². The van der Waals surface area contributed by atoms with Crippen LogP contribution in [0.25, 0.3) is 0 Å². The lowest BCUT2D eigenvalue weighted by molar-refractivity contribution is 0.104. The molecule has 1 saturated carbocycles. The molecule has 0 radical (unpaired) electrons. The molecule has 0 atom stereocenters. The van der Waals surface area contributed by atoms with Crippen LogP contribution in [-0.4, -0.2) is 17.3 Å². The first-order valence-corrected chi connectivity index (χ1v) is 7.95. The van der Waals surface area contributed by atoms with E-state index in [1.54, 1.807) is 0 Å². The van der Waals surface area contributed by atoms with Gasteiger partial charge in [-0.3, -0.25) is 0 Å². The Morgan fingerprint density at radius 2 is 2.05 bits per heavy atom. The van der Waals surface area contributed by atoms with E-state index in [-0.39, 0.29) is 12.1 Å². The van der Waals surface area contributed by atoms with Crippen molar-refractivity contribution in [2.24, 2.45) is 5.92 Å². The van der Waals surface area contributed by atoms with E-state index < -0.39 is 0 Å². The highest BCUT2D eigenvalue weighted by Crippen LogP contribution is 2.32. The Hall–Kier alpha value is -0.380. The summed E-state index contributed by atoms with van der Waals surface area (Å²) in [5.41, 5.74) is 2.46. The lowest BCUT2D eigenvalue weighted by Gasteiger charge is -2.39. The summed E-state index contributed by atoms with van der Waals surface area (Å²) in [6.07, 6.45) is 4.59. The Balaban J connectivity index is 1.97. The minimum absolute atomic E-state index is 0.0656. The van der Waals surface area contributed by atoms with Crippen LogP contribution in [0.1, 0.15) is 43.7 Å². The van der Waals surface area contributed by atoms with Crippen LogP contribution in [0, 0.1) is 12.8 Å². The van der Waals surface area contributed by atoms with Crippen LogP contribution in [0.2, 0.25) is 0 Å². The molecule has 2 nitrogen and oxygen atoms in total. The molecule has 0 unspecified atom stereocenters. The molecule has 1 aromatic rings. The third-order valence-corrected chi connectivity index (χ3v) is 5.29. The van der Waals surface area contributed by atoms with E-state index in [2.05, 4.69) is 53.3 Å². The number of hydrogen-bond donors (Lipinski definition) is 2. The molecule has 2 N–H and O–H groups in total. The average Bonchev–Trinajstić information content (AvgIpc) is 2.42. The first-order valence-electron chi connectivity index (χ1n) is 7.15. The zero-order valence-corrected chi connectivity index (χ0v) is 13.5. The van der Waals surface area contributed by atoms with Crippen molar-refractivity contribution < 1.29 is 5.11 Å². The fourth-order valence-electron chi connectivity index (χ4n) is 2.74. The van der Waals surface area contributed by atoms with Gasteiger partial charge in [0, 0.05) is 16.6 Å². The van der Waals surface area contributed by atoms with Gasteiger partial charge in [0.05, 0.1) is 6.61 Å². The second-order valence-electron chi connectivity index (χ2n) is 6.06. The average molecular weight is 326 g/mol. The second kappa shape index (κ2) is 6.38. The van der Waals surface area contributed by atoms with Crippen molar-refractivity contribution in [2.75, 3.05) is 6.61 Å². The molecule has 0 saturated heterocycles. The highest BCUT2D eigenvalue weighted by atomic mass is 79.9. The van der Waals surface area contributed by atoms with Gasteiger partial charge >= 0.3 is 0 Å². The van der Waals surface area contributed by atoms with Crippen molar-refractivity contribution >= 4 is 15.9 Å². The Morgan fingerprint density at radius 3 is 2.63 bits per heavy atom. The lowest BCUT2D eigenvalue weighted by Crippen LogP contribution is -2.50. The van der Waals surface area contributed by atoms with Gasteiger partial charge in [0.1, 0.15) is 0 Å². The normalized spacial score (nSPS) is 27.5. The monoisotopic (exact) mass is 325 g/mol. The van der Waals surface area contributed by atoms with E-state index in [0.29, 0.717) is 0 Å². The molecule has 19 heavy (non-hydrogen) atoms. The maximum Gasteiger partial charge on any atom is 0.0613 e. The number of aliphatic hydroxyl groups excluding tert-OH is 1. The van der Waals surface area contributed by atoms with Gasteiger partial charge in [0.15, 0.2) is 0 Å². The largest absolute Gasteiger partial charge is 0.394 e. The molecule has 3 heteroatoms. The molecule has 1 aromatic carbocycles. The van der Waals surface area contributed by atoms with Gasteiger partial charge in [-0.25, -0.2) is 0 Å². The Kier molecular flexibility index (Phi) is 5.04. The Labute approximate surface area is 124 Å². The number of aryl methyl sites for hydroxylation is 1. The summed E-state index contributed by atoms with van der Waals surface area (Å²) < 4.78 is 1.15. The van der Waals surface area contributed by atoms with E-state index in [9.17, 15) is 5.11 Å². The van der Waals surface area contributed by atoms with E-state index in [4.69, 9.17) is 0 Å². The molecule has 0 aliphatic heterocycles. The smallest absolute Gasteiger partial charge is 0.0613 e. The molecule has 1 fully saturated rings. The number of rotatable bonds is 4. The van der Waals surface area contributed by atoms with Gasteiger partial charge in [-0.2, -0.15) is 0 Å². The van der Waals surface area contributed by atoms with Crippen molar-refractivity contribution in [1.29, 1.82) is 0 Å². The van der Waals surface area contributed by atoms with Crippen LogP contribution in [0.4, 0.5) is 0 Å². The SMILES string of the molecule is Cc1ccc(CNC2(CO)CCC(C)CC2)cc1Br. The topological polar surface area (TPSA) is 32.3 Å². The van der Waals surface area contributed by atoms with Crippen molar-refractivity contribution in [3.05, 3.63) is 33.8 Å². The molecule has 2 rings (SSSR count). The second-order valence-corrected chi connectivity index (χ2v) is 6.91. The highest BCUT2D eigenvalue weighted by molar-refractivity contribution is 9.10. The number of hydrogen-bond acceptors (Lipinski definition) is 2. The van der Waals surface area contributed by atoms with Gasteiger partial charge in [0.2, 0.25) is 0 Å². The van der Waals surface area contributed by atoms with E-state index in [0.717, 1.165) is 29.8 Å². The first kappa shape index (κ1) is 15.0. The number of halogens is 1. The van der Waals surface area contributed by atoms with Crippen molar-refractivity contribution in [2.45, 2.75) is 51.6 Å². The van der Waals surface area contributed by atoms with Crippen molar-refractivity contribution in [1.82, 2.24) is 5.32 Å². The van der Waals surface area contributed by atoms with Gasteiger partial charge in [-0.15, -0.1) is 0 Å². The predicted molar refractivity (Wildman–Crippen MR) is 83.2 cm³/mol. The molecule has 1 aliphatic rings. The zero-order chi connectivity index (χ0) is 13.9. The molecule has 1 aliphatic carbocycles. The van der Waals surface area contributed by atoms with Crippen LogP contribution < -0.4 is 5.32 Å². The first-order chi connectivity index (χ1) is 9.04. The Bertz CT molecular complexity index is 425. The molecule has 0 aromatic heterocycles. The van der Waals surface area contributed by atoms with E-state index in [1.165, 1.54) is 24.0 Å². The number of nitrogens with one attached hydrogen (secondary N) is 1. The van der Waals surface area contributed by atoms with Crippen LogP contribution in [-0.2, 0) is 6.54 Å². The van der Waals surface area contributed by atoms with Gasteiger partial charge < -0.3 is 10.4 Å². The zero-order valence-electron chi connectivity index (χ0n) is 11.9. The summed E-state index contributed by atoms with van der Waals surface area (Å²) in [6.45, 7) is 5.47. The quantitative estimate of drug-likeness (QED) is 0.882. The van der Waals surface area contributed by atoms with Gasteiger partial charge in [-0.05, 0) is 55.7 Å². The fraction of sp³-hybridized carbons (Fsp3) is 0.625. The summed E-state index contributed by atoms with van der Waals surface area (Å²) in [6, 6.07) is 6.46. The predicted octanol–water partition coefficient (Wildman–Crippen LogP) is 3.79. The van der Waals surface area contributed by atoms with Crippen molar-refractivity contribution in [3.63, 3.8) is 0 Å². The summed E-state index contributed by atoms with van der Waals surface area (Å²) in [5, 5.41) is 13.3. The summed E-state index contributed by atoms with van der Waals surface area (Å²) >= 11 is 3.57. The molecule has 106 valence electrons. The van der Waals surface area contributed by atoms with Gasteiger partial charge in [-0.1, -0.05) is 35.0 Å². The molecule has 0 spiro atoms. The summed E-state index contributed by atoms with van der Waals surface area (Å²) in [4.78, 5) is 0. The molecular formula is C16H24BrNO. The molecular weight excluding hydrogens is 302 g/mol. The summed E-state index contributed by atoms with van der Waals surface area (Å²) in [7, 11) is 0. The van der Waals surface area contributed by atoms with E-state index >= 15 is 0 Å². The molecule has 0 amide bonds. The van der Waals surface area contributed by atoms with Crippen molar-refractivity contribution in [3.8, 4) is 0 Å². The highest BCUT2D eigenvalue weighted by Gasteiger charge is 2.32. The third-order valence-electron chi connectivity index (χ3n) is 4.44. The maximum absolute atomic E-state index is 9.73. The summed E-state index contributed by atoms with van der Waals surface area (Å²) in [5.74, 6) is 0.801. The minimum Gasteiger partial charge on any atom is -0.394 e. The van der Waals surface area contributed by atoms with Crippen LogP contribution >= 0.6 is 15.9 Å². The van der Waals surface area contributed by atoms with E-state index in [1.807, 2.05) is 0 Å². The lowest BCUT2D eigenvalue weighted by atomic mass is 9.77. The number of aliphatic hydroxyl groups is 1. The maximum atomic E-state index is 9.73. The number of benzene rings is 1. The van der Waals surface area contributed by atoms with Crippen LogP contribution in [0.15, 0.2) is 22.7 Å². The standard InChI is InChI=1S/C16H24BrNO/c1-12-5-7-16(11-19,8-6-12)18-10-14-4-3-13(2)15(17)9-14/h3-4,9,12,18-19H,5-8,10-11H2,1-2H3. The minimum atomic E-state index is -0.0656. The van der Waals surface area contributed by atoms with Gasteiger partial charge in [0.25, 0.3) is 0 Å². The molecule has 0 bridgehead atoms. The van der Waals surface area contributed by atoms with Crippen LogP contribution in [0.5, 0.6) is 0 Å². The Morgan fingerprint density at radius 1 is 1.37 bits per heavy atom.